The molecule has 4 heteroatoms. The van der Waals surface area contributed by atoms with Crippen LogP contribution in [0.4, 0.5) is 4.39 Å². The monoisotopic (exact) mass is 300 g/mol. The van der Waals surface area contributed by atoms with Crippen LogP contribution in [0.1, 0.15) is 17.3 Å². The number of pyridine rings is 1. The van der Waals surface area contributed by atoms with Crippen LogP contribution >= 0.6 is 11.6 Å². The number of halogens is 2. The minimum Gasteiger partial charge on any atom is -0.308 e. The smallest absolute Gasteiger partial charge is 0.123 e. The first-order valence-corrected chi connectivity index (χ1v) is 7.04. The van der Waals surface area contributed by atoms with E-state index in [2.05, 4.69) is 10.3 Å². The van der Waals surface area contributed by atoms with Crippen LogP contribution in [0.15, 0.2) is 54.7 Å². The second-order valence-electron chi connectivity index (χ2n) is 4.80. The molecule has 0 spiro atoms. The minimum absolute atomic E-state index is 0.265. The summed E-state index contributed by atoms with van der Waals surface area (Å²) in [7, 11) is 1.81. The zero-order valence-corrected chi connectivity index (χ0v) is 12.2. The molecule has 1 unspecified atom stereocenters. The molecule has 106 valence electrons. The maximum atomic E-state index is 13.6. The van der Waals surface area contributed by atoms with Crippen molar-refractivity contribution in [2.45, 2.75) is 6.04 Å². The highest BCUT2D eigenvalue weighted by Crippen LogP contribution is 2.31. The predicted molar refractivity (Wildman–Crippen MR) is 84.1 cm³/mol. The fourth-order valence-electron chi connectivity index (χ4n) is 2.55. The maximum absolute atomic E-state index is 13.6. The molecule has 1 atom stereocenters. The van der Waals surface area contributed by atoms with Gasteiger partial charge in [-0.2, -0.15) is 0 Å². The molecule has 0 saturated heterocycles. The van der Waals surface area contributed by atoms with Crippen LogP contribution in [-0.2, 0) is 0 Å². The van der Waals surface area contributed by atoms with Gasteiger partial charge in [-0.05, 0) is 42.3 Å². The Labute approximate surface area is 127 Å². The van der Waals surface area contributed by atoms with E-state index in [1.54, 1.807) is 12.3 Å². The van der Waals surface area contributed by atoms with Crippen LogP contribution in [0.25, 0.3) is 10.8 Å². The molecular weight excluding hydrogens is 287 g/mol. The third-order valence-corrected chi connectivity index (χ3v) is 3.88. The molecular formula is C17H14ClFN2. The van der Waals surface area contributed by atoms with Crippen molar-refractivity contribution < 1.29 is 4.39 Å². The Morgan fingerprint density at radius 2 is 1.95 bits per heavy atom. The molecule has 0 aliphatic carbocycles. The summed E-state index contributed by atoms with van der Waals surface area (Å²) in [5.74, 6) is -0.310. The van der Waals surface area contributed by atoms with E-state index in [0.717, 1.165) is 16.5 Å². The van der Waals surface area contributed by atoms with Crippen molar-refractivity contribution in [3.63, 3.8) is 0 Å². The van der Waals surface area contributed by atoms with Gasteiger partial charge in [0, 0.05) is 16.6 Å². The van der Waals surface area contributed by atoms with Gasteiger partial charge in [0.15, 0.2) is 0 Å². The van der Waals surface area contributed by atoms with Crippen molar-refractivity contribution >= 4 is 22.4 Å². The number of nitrogens with zero attached hydrogens (tertiary/aromatic N) is 1. The SMILES string of the molecule is CNC(c1cc(F)ccc1Cl)c1nccc2ccccc12. The molecule has 0 bridgehead atoms. The lowest BCUT2D eigenvalue weighted by atomic mass is 9.98. The van der Waals surface area contributed by atoms with Crippen molar-refractivity contribution in [1.82, 2.24) is 10.3 Å². The third-order valence-electron chi connectivity index (χ3n) is 3.54. The highest BCUT2D eigenvalue weighted by Gasteiger charge is 2.19. The topological polar surface area (TPSA) is 24.9 Å². The Morgan fingerprint density at radius 3 is 2.76 bits per heavy atom. The predicted octanol–water partition coefficient (Wildman–Crippen LogP) is 4.34. The Kier molecular flexibility index (Phi) is 3.86. The molecule has 3 aromatic rings. The largest absolute Gasteiger partial charge is 0.308 e. The molecule has 0 saturated carbocycles. The number of nitrogens with one attached hydrogen (secondary N) is 1. The maximum Gasteiger partial charge on any atom is 0.123 e. The van der Waals surface area contributed by atoms with E-state index in [0.29, 0.717) is 10.6 Å². The van der Waals surface area contributed by atoms with Gasteiger partial charge in [0.05, 0.1) is 11.7 Å². The van der Waals surface area contributed by atoms with Gasteiger partial charge in [0.1, 0.15) is 5.82 Å². The lowest BCUT2D eigenvalue weighted by molar-refractivity contribution is 0.615. The van der Waals surface area contributed by atoms with Gasteiger partial charge < -0.3 is 5.32 Å². The minimum atomic E-state index is -0.310. The molecule has 3 rings (SSSR count). The quantitative estimate of drug-likeness (QED) is 0.778. The van der Waals surface area contributed by atoms with E-state index in [9.17, 15) is 4.39 Å². The zero-order valence-electron chi connectivity index (χ0n) is 11.5. The number of hydrogen-bond donors (Lipinski definition) is 1. The fourth-order valence-corrected chi connectivity index (χ4v) is 2.78. The summed E-state index contributed by atoms with van der Waals surface area (Å²) in [6, 6.07) is 14.1. The molecule has 0 fully saturated rings. The Bertz CT molecular complexity index is 783. The molecule has 0 radical (unpaired) electrons. The number of hydrogen-bond acceptors (Lipinski definition) is 2. The molecule has 21 heavy (non-hydrogen) atoms. The fraction of sp³-hybridized carbons (Fsp3) is 0.118. The van der Waals surface area contributed by atoms with Crippen molar-refractivity contribution in [3.05, 3.63) is 76.8 Å². The summed E-state index contributed by atoms with van der Waals surface area (Å²) < 4.78 is 13.6. The van der Waals surface area contributed by atoms with E-state index >= 15 is 0 Å². The highest BCUT2D eigenvalue weighted by molar-refractivity contribution is 6.31. The van der Waals surface area contributed by atoms with E-state index in [1.807, 2.05) is 37.4 Å². The van der Waals surface area contributed by atoms with Gasteiger partial charge in [-0.3, -0.25) is 4.98 Å². The molecule has 1 aromatic heterocycles. The lowest BCUT2D eigenvalue weighted by Crippen LogP contribution is -2.19. The number of fused-ring (bicyclic) bond motifs is 1. The van der Waals surface area contributed by atoms with Crippen molar-refractivity contribution in [2.24, 2.45) is 0 Å². The molecule has 0 aliphatic heterocycles. The molecule has 1 N–H and O–H groups in total. The van der Waals surface area contributed by atoms with Gasteiger partial charge in [-0.1, -0.05) is 35.9 Å². The van der Waals surface area contributed by atoms with Crippen molar-refractivity contribution in [2.75, 3.05) is 7.05 Å². The molecule has 1 heterocycles. The van der Waals surface area contributed by atoms with Crippen molar-refractivity contribution in [1.29, 1.82) is 0 Å². The average Bonchev–Trinajstić information content (AvgIpc) is 2.51. The molecule has 2 nitrogen and oxygen atoms in total. The van der Waals surface area contributed by atoms with Crippen LogP contribution in [0, 0.1) is 5.82 Å². The number of rotatable bonds is 3. The standard InChI is InChI=1S/C17H14ClFN2/c1-20-16(14-10-12(19)6-7-15(14)18)17-13-5-3-2-4-11(13)8-9-21-17/h2-10,16,20H,1H3. The first-order valence-electron chi connectivity index (χ1n) is 6.66. The van der Waals surface area contributed by atoms with Crippen molar-refractivity contribution in [3.8, 4) is 0 Å². The normalized spacial score (nSPS) is 12.5. The van der Waals surface area contributed by atoms with Crippen LogP contribution in [0.5, 0.6) is 0 Å². The molecule has 2 aromatic carbocycles. The van der Waals surface area contributed by atoms with E-state index in [4.69, 9.17) is 11.6 Å². The van der Waals surface area contributed by atoms with E-state index in [-0.39, 0.29) is 11.9 Å². The average molecular weight is 301 g/mol. The third kappa shape index (κ3) is 2.62. The summed E-state index contributed by atoms with van der Waals surface area (Å²) in [5.41, 5.74) is 1.52. The summed E-state index contributed by atoms with van der Waals surface area (Å²) in [4.78, 5) is 4.48. The number of aromatic nitrogens is 1. The van der Waals surface area contributed by atoms with E-state index < -0.39 is 0 Å². The summed E-state index contributed by atoms with van der Waals surface area (Å²) in [6.07, 6.45) is 1.76. The number of benzene rings is 2. The van der Waals surface area contributed by atoms with Crippen LogP contribution in [0.3, 0.4) is 0 Å². The summed E-state index contributed by atoms with van der Waals surface area (Å²) in [6.45, 7) is 0. The van der Waals surface area contributed by atoms with Gasteiger partial charge in [-0.25, -0.2) is 4.39 Å². The van der Waals surface area contributed by atoms with Crippen LogP contribution in [0.2, 0.25) is 5.02 Å². The van der Waals surface area contributed by atoms with Gasteiger partial charge in [-0.15, -0.1) is 0 Å². The van der Waals surface area contributed by atoms with E-state index in [1.165, 1.54) is 12.1 Å². The first kappa shape index (κ1) is 14.0. The van der Waals surface area contributed by atoms with Gasteiger partial charge >= 0.3 is 0 Å². The van der Waals surface area contributed by atoms with Crippen LogP contribution < -0.4 is 5.32 Å². The van der Waals surface area contributed by atoms with Gasteiger partial charge in [0.2, 0.25) is 0 Å². The Hall–Kier alpha value is -1.97. The highest BCUT2D eigenvalue weighted by atomic mass is 35.5. The lowest BCUT2D eigenvalue weighted by Gasteiger charge is -2.19. The summed E-state index contributed by atoms with van der Waals surface area (Å²) >= 11 is 6.24. The second-order valence-corrected chi connectivity index (χ2v) is 5.21. The Balaban J connectivity index is 2.21. The second kappa shape index (κ2) is 5.80. The van der Waals surface area contributed by atoms with Gasteiger partial charge in [0.25, 0.3) is 0 Å². The molecule has 0 amide bonds. The molecule has 0 aliphatic rings. The van der Waals surface area contributed by atoms with Crippen LogP contribution in [-0.4, -0.2) is 12.0 Å². The zero-order chi connectivity index (χ0) is 14.8. The first-order chi connectivity index (χ1) is 10.2. The Morgan fingerprint density at radius 1 is 1.14 bits per heavy atom. The summed E-state index contributed by atoms with van der Waals surface area (Å²) in [5, 5.41) is 5.82.